The van der Waals surface area contributed by atoms with Crippen molar-refractivity contribution in [3.8, 4) is 11.4 Å². The topological polar surface area (TPSA) is 44.8 Å². The van der Waals surface area contributed by atoms with Crippen LogP contribution >= 0.6 is 0 Å². The van der Waals surface area contributed by atoms with Crippen LogP contribution in [-0.2, 0) is 0 Å². The Morgan fingerprint density at radius 3 is 2.95 bits per heavy atom. The SMILES string of the molecule is Cc1ncc2nc(C3CCN(c4ccccc4)C3)cc-2[nH]1. The van der Waals surface area contributed by atoms with E-state index in [1.54, 1.807) is 0 Å². The van der Waals surface area contributed by atoms with Crippen molar-refractivity contribution < 1.29 is 0 Å². The first-order valence-corrected chi connectivity index (χ1v) is 7.42. The van der Waals surface area contributed by atoms with E-state index < -0.39 is 0 Å². The molecule has 0 spiro atoms. The van der Waals surface area contributed by atoms with E-state index in [1.165, 1.54) is 11.4 Å². The molecular weight excluding hydrogens is 260 g/mol. The Bertz CT molecular complexity index is 719. The number of nitrogens with zero attached hydrogens (tertiary/aromatic N) is 3. The lowest BCUT2D eigenvalue weighted by Crippen LogP contribution is -2.18. The summed E-state index contributed by atoms with van der Waals surface area (Å²) in [7, 11) is 0. The number of nitrogens with one attached hydrogen (secondary N) is 1. The summed E-state index contributed by atoms with van der Waals surface area (Å²) < 4.78 is 0. The molecule has 0 radical (unpaired) electrons. The quantitative estimate of drug-likeness (QED) is 0.783. The van der Waals surface area contributed by atoms with Gasteiger partial charge in [0, 0.05) is 30.4 Å². The first-order chi connectivity index (χ1) is 10.3. The average molecular weight is 278 g/mol. The van der Waals surface area contributed by atoms with Crippen molar-refractivity contribution in [2.45, 2.75) is 19.3 Å². The van der Waals surface area contributed by atoms with Crippen LogP contribution in [0.1, 0.15) is 23.9 Å². The Kier molecular flexibility index (Phi) is 2.88. The molecule has 0 saturated carbocycles. The number of aromatic amines is 1. The molecule has 0 aliphatic carbocycles. The van der Waals surface area contributed by atoms with Crippen molar-refractivity contribution in [3.63, 3.8) is 0 Å². The van der Waals surface area contributed by atoms with Gasteiger partial charge in [0.15, 0.2) is 0 Å². The summed E-state index contributed by atoms with van der Waals surface area (Å²) >= 11 is 0. The van der Waals surface area contributed by atoms with Crippen LogP contribution in [-0.4, -0.2) is 28.0 Å². The van der Waals surface area contributed by atoms with Gasteiger partial charge in [-0.25, -0.2) is 9.97 Å². The molecule has 21 heavy (non-hydrogen) atoms. The maximum Gasteiger partial charge on any atom is 0.105 e. The predicted molar refractivity (Wildman–Crippen MR) is 83.8 cm³/mol. The largest absolute Gasteiger partial charge is 0.371 e. The highest BCUT2D eigenvalue weighted by molar-refractivity contribution is 5.58. The molecule has 3 heterocycles. The van der Waals surface area contributed by atoms with E-state index in [9.17, 15) is 0 Å². The minimum atomic E-state index is 0.506. The van der Waals surface area contributed by atoms with Crippen molar-refractivity contribution in [1.82, 2.24) is 15.0 Å². The molecule has 1 aromatic carbocycles. The number of rotatable bonds is 2. The fourth-order valence-electron chi connectivity index (χ4n) is 3.12. The normalized spacial score (nSPS) is 18.5. The van der Waals surface area contributed by atoms with E-state index in [2.05, 4.69) is 51.3 Å². The lowest BCUT2D eigenvalue weighted by molar-refractivity contribution is 0.752. The standard InChI is InChI=1S/C17H18N4/c1-12-18-10-17-16(19-12)9-15(20-17)13-7-8-21(11-13)14-5-3-2-4-6-14/h2-6,9-10,13H,7-8,11H2,1H3,(H,18,19). The number of H-pyrrole nitrogens is 1. The molecule has 1 aromatic rings. The third-order valence-electron chi connectivity index (χ3n) is 4.24. The molecule has 0 bridgehead atoms. The molecule has 4 nitrogen and oxygen atoms in total. The zero-order chi connectivity index (χ0) is 14.2. The number of fused-ring (bicyclic) bond motifs is 1. The molecule has 0 amide bonds. The molecular formula is C17H18N4. The van der Waals surface area contributed by atoms with Crippen molar-refractivity contribution in [2.75, 3.05) is 18.0 Å². The molecule has 0 aromatic heterocycles. The van der Waals surface area contributed by atoms with Crippen LogP contribution in [0.3, 0.4) is 0 Å². The Labute approximate surface area is 124 Å². The lowest BCUT2D eigenvalue weighted by Gasteiger charge is -2.18. The van der Waals surface area contributed by atoms with Gasteiger partial charge in [0.1, 0.15) is 11.5 Å². The highest BCUT2D eigenvalue weighted by atomic mass is 15.2. The van der Waals surface area contributed by atoms with Crippen molar-refractivity contribution in [2.24, 2.45) is 0 Å². The monoisotopic (exact) mass is 278 g/mol. The second kappa shape index (κ2) is 4.88. The summed E-state index contributed by atoms with van der Waals surface area (Å²) in [6, 6.07) is 12.8. The minimum absolute atomic E-state index is 0.506. The van der Waals surface area contributed by atoms with Crippen LogP contribution in [0.4, 0.5) is 5.69 Å². The zero-order valence-corrected chi connectivity index (χ0v) is 12.1. The molecule has 106 valence electrons. The van der Waals surface area contributed by atoms with Crippen LogP contribution in [0.25, 0.3) is 11.4 Å². The number of hydrogen-bond acceptors (Lipinski definition) is 3. The van der Waals surface area contributed by atoms with Gasteiger partial charge in [-0.3, -0.25) is 0 Å². The summed E-state index contributed by atoms with van der Waals surface area (Å²) in [6.07, 6.45) is 3.01. The van der Waals surface area contributed by atoms with Crippen LogP contribution in [0.5, 0.6) is 0 Å². The van der Waals surface area contributed by atoms with Gasteiger partial charge in [-0.05, 0) is 31.5 Å². The van der Waals surface area contributed by atoms with E-state index >= 15 is 0 Å². The first-order valence-electron chi connectivity index (χ1n) is 7.42. The fourth-order valence-corrected chi connectivity index (χ4v) is 3.12. The third-order valence-corrected chi connectivity index (χ3v) is 4.24. The maximum atomic E-state index is 4.74. The average Bonchev–Trinajstić information content (AvgIpc) is 3.14. The van der Waals surface area contributed by atoms with Gasteiger partial charge in [-0.15, -0.1) is 0 Å². The highest BCUT2D eigenvalue weighted by Crippen LogP contribution is 2.32. The smallest absolute Gasteiger partial charge is 0.105 e. The summed E-state index contributed by atoms with van der Waals surface area (Å²) in [5, 5.41) is 0. The van der Waals surface area contributed by atoms with Gasteiger partial charge in [-0.1, -0.05) is 18.2 Å². The molecule has 4 rings (SSSR count). The van der Waals surface area contributed by atoms with E-state index in [0.29, 0.717) is 5.92 Å². The Morgan fingerprint density at radius 2 is 2.10 bits per heavy atom. The van der Waals surface area contributed by atoms with E-state index in [4.69, 9.17) is 4.98 Å². The van der Waals surface area contributed by atoms with E-state index in [0.717, 1.165) is 36.7 Å². The number of aromatic nitrogens is 3. The van der Waals surface area contributed by atoms with Gasteiger partial charge < -0.3 is 9.88 Å². The Hall–Kier alpha value is -2.36. The number of benzene rings is 1. The van der Waals surface area contributed by atoms with Gasteiger partial charge in [0.25, 0.3) is 0 Å². The molecule has 1 N–H and O–H groups in total. The fraction of sp³-hybridized carbons (Fsp3) is 0.294. The van der Waals surface area contributed by atoms with Crippen LogP contribution in [0.2, 0.25) is 0 Å². The summed E-state index contributed by atoms with van der Waals surface area (Å²) in [5.74, 6) is 1.44. The summed E-state index contributed by atoms with van der Waals surface area (Å²) in [6.45, 7) is 4.11. The summed E-state index contributed by atoms with van der Waals surface area (Å²) in [4.78, 5) is 14.8. The molecule has 3 aliphatic rings. The number of hydrogen-bond donors (Lipinski definition) is 1. The zero-order valence-electron chi connectivity index (χ0n) is 12.1. The van der Waals surface area contributed by atoms with Crippen LogP contribution in [0, 0.1) is 6.92 Å². The van der Waals surface area contributed by atoms with Gasteiger partial charge in [-0.2, -0.15) is 0 Å². The number of aryl methyl sites for hydroxylation is 1. The molecule has 1 saturated heterocycles. The van der Waals surface area contributed by atoms with Crippen LogP contribution in [0.15, 0.2) is 42.6 Å². The van der Waals surface area contributed by atoms with Crippen LogP contribution < -0.4 is 4.90 Å². The maximum absolute atomic E-state index is 4.74. The second-order valence-corrected chi connectivity index (χ2v) is 5.72. The molecule has 4 heteroatoms. The predicted octanol–water partition coefficient (Wildman–Crippen LogP) is 3.21. The molecule has 3 aliphatic heterocycles. The highest BCUT2D eigenvalue weighted by Gasteiger charge is 2.27. The third kappa shape index (κ3) is 2.27. The van der Waals surface area contributed by atoms with Gasteiger partial charge in [0.2, 0.25) is 0 Å². The van der Waals surface area contributed by atoms with Crippen molar-refractivity contribution in [3.05, 3.63) is 54.1 Å². The number of para-hydroxylation sites is 1. The number of anilines is 1. The molecule has 1 fully saturated rings. The lowest BCUT2D eigenvalue weighted by atomic mass is 10.1. The van der Waals surface area contributed by atoms with Gasteiger partial charge in [0.05, 0.1) is 11.9 Å². The van der Waals surface area contributed by atoms with Gasteiger partial charge >= 0.3 is 0 Å². The van der Waals surface area contributed by atoms with Crippen molar-refractivity contribution in [1.29, 1.82) is 0 Å². The van der Waals surface area contributed by atoms with Crippen molar-refractivity contribution >= 4 is 5.69 Å². The van der Waals surface area contributed by atoms with E-state index in [1.807, 2.05) is 13.1 Å². The molecule has 1 atom stereocenters. The summed E-state index contributed by atoms with van der Waals surface area (Å²) in [5.41, 5.74) is 4.55. The molecule has 1 unspecified atom stereocenters. The Morgan fingerprint density at radius 1 is 1.24 bits per heavy atom. The Balaban J connectivity index is 1.59. The van der Waals surface area contributed by atoms with E-state index in [-0.39, 0.29) is 0 Å². The second-order valence-electron chi connectivity index (χ2n) is 5.72. The first kappa shape index (κ1) is 12.4. The minimum Gasteiger partial charge on any atom is -0.371 e.